The Morgan fingerprint density at radius 1 is 1.45 bits per heavy atom. The van der Waals surface area contributed by atoms with Crippen LogP contribution < -0.4 is 11.2 Å². The summed E-state index contributed by atoms with van der Waals surface area (Å²) >= 11 is 6.05. The number of aromatic amines is 2. The van der Waals surface area contributed by atoms with E-state index < -0.39 is 11.2 Å². The first-order valence-electron chi connectivity index (χ1n) is 6.65. The molecule has 2 N–H and O–H groups in total. The second-order valence-electron chi connectivity index (χ2n) is 5.22. The molecule has 2 heterocycles. The zero-order valence-corrected chi connectivity index (χ0v) is 12.3. The molecule has 22 heavy (non-hydrogen) atoms. The van der Waals surface area contributed by atoms with Gasteiger partial charge in [-0.2, -0.15) is 0 Å². The van der Waals surface area contributed by atoms with E-state index in [2.05, 4.69) is 20.2 Å². The summed E-state index contributed by atoms with van der Waals surface area (Å²) in [4.78, 5) is 27.4. The largest absolute Gasteiger partial charge is 0.325 e. The molecule has 2 atom stereocenters. The molecule has 1 aliphatic rings. The van der Waals surface area contributed by atoms with Crippen molar-refractivity contribution in [3.63, 3.8) is 0 Å². The normalized spacial score (nSPS) is 21.0. The minimum Gasteiger partial charge on any atom is -0.313 e. The van der Waals surface area contributed by atoms with E-state index in [9.17, 15) is 14.0 Å². The highest BCUT2D eigenvalue weighted by Gasteiger charge is 2.39. The fourth-order valence-corrected chi connectivity index (χ4v) is 2.67. The second-order valence-corrected chi connectivity index (χ2v) is 5.58. The number of aromatic nitrogens is 4. The fraction of sp³-hybridized carbons (Fsp3) is 0.286. The highest BCUT2D eigenvalue weighted by Crippen LogP contribution is 2.50. The number of halogens is 2. The third-order valence-electron chi connectivity index (χ3n) is 3.55. The molecule has 0 aliphatic heterocycles. The molecule has 8 heteroatoms. The van der Waals surface area contributed by atoms with Gasteiger partial charge in [0.25, 0.3) is 5.56 Å². The first kappa shape index (κ1) is 14.6. The molecular formula is C14H12ClFN4O2. The number of hydrogen-bond acceptors (Lipinski definition) is 4. The number of nitrogens with one attached hydrogen (secondary N) is 2. The molecule has 0 spiro atoms. The van der Waals surface area contributed by atoms with Crippen molar-refractivity contribution in [2.45, 2.75) is 19.3 Å². The van der Waals surface area contributed by atoms with Gasteiger partial charge >= 0.3 is 5.69 Å². The fourth-order valence-electron chi connectivity index (χ4n) is 2.43. The monoisotopic (exact) mass is 322 g/mol. The Morgan fingerprint density at radius 3 is 2.91 bits per heavy atom. The Kier molecular flexibility index (Phi) is 3.66. The van der Waals surface area contributed by atoms with Crippen molar-refractivity contribution in [2.75, 3.05) is 0 Å². The van der Waals surface area contributed by atoms with Crippen molar-refractivity contribution in [3.05, 3.63) is 55.7 Å². The second kappa shape index (κ2) is 5.49. The van der Waals surface area contributed by atoms with Crippen molar-refractivity contribution in [1.82, 2.24) is 20.2 Å². The zero-order valence-electron chi connectivity index (χ0n) is 11.6. The number of H-pyrrole nitrogens is 2. The van der Waals surface area contributed by atoms with Crippen LogP contribution in [0.1, 0.15) is 24.8 Å². The van der Waals surface area contributed by atoms with Gasteiger partial charge in [-0.3, -0.25) is 9.78 Å². The molecule has 0 radical (unpaired) electrons. The van der Waals surface area contributed by atoms with Crippen molar-refractivity contribution in [3.8, 4) is 11.3 Å². The maximum Gasteiger partial charge on any atom is 0.325 e. The molecule has 1 aliphatic carbocycles. The van der Waals surface area contributed by atoms with Crippen LogP contribution in [0, 0.1) is 5.92 Å². The third-order valence-corrected chi connectivity index (χ3v) is 3.85. The Hall–Kier alpha value is -2.28. The van der Waals surface area contributed by atoms with Gasteiger partial charge in [0.1, 0.15) is 5.69 Å². The number of hydrogen-bond donors (Lipinski definition) is 2. The minimum atomic E-state index is -0.596. The van der Waals surface area contributed by atoms with Gasteiger partial charge in [0.05, 0.1) is 11.4 Å². The van der Waals surface area contributed by atoms with Gasteiger partial charge in [-0.15, -0.1) is 10.2 Å². The lowest BCUT2D eigenvalue weighted by Crippen LogP contribution is -2.23. The maximum absolute atomic E-state index is 12.9. The summed E-state index contributed by atoms with van der Waals surface area (Å²) in [5, 5.41) is 7.97. The molecular weight excluding hydrogens is 311 g/mol. The smallest absolute Gasteiger partial charge is 0.313 e. The summed E-state index contributed by atoms with van der Waals surface area (Å²) in [6.07, 6.45) is 3.60. The standard InChI is InChI=1S/C14H12ClFN4O2/c1-6(16)2-7-3-8(7)9-4-11(19-20-12(9)15)10-5-17-14(22)18-13(10)21/h2,4-5,7-8H,3H2,1H3,(H2,17,18,21,22)/b6-2-/t7-,8-/m0/s1. The predicted octanol–water partition coefficient (Wildman–Crippen LogP) is 2.15. The van der Waals surface area contributed by atoms with Crippen LogP contribution >= 0.6 is 11.6 Å². The summed E-state index contributed by atoms with van der Waals surface area (Å²) in [5.74, 6) is -0.0920. The molecule has 1 fully saturated rings. The van der Waals surface area contributed by atoms with Crippen LogP contribution in [0.3, 0.4) is 0 Å². The molecule has 6 nitrogen and oxygen atoms in total. The van der Waals surface area contributed by atoms with Crippen LogP contribution in [-0.4, -0.2) is 20.2 Å². The highest BCUT2D eigenvalue weighted by molar-refractivity contribution is 6.30. The highest BCUT2D eigenvalue weighted by atomic mass is 35.5. The summed E-state index contributed by atoms with van der Waals surface area (Å²) in [5.41, 5.74) is 0.0718. The summed E-state index contributed by atoms with van der Waals surface area (Å²) in [6.45, 7) is 1.40. The van der Waals surface area contributed by atoms with E-state index in [1.807, 2.05) is 0 Å². The quantitative estimate of drug-likeness (QED) is 0.905. The molecule has 2 aromatic heterocycles. The molecule has 114 valence electrons. The van der Waals surface area contributed by atoms with E-state index in [1.165, 1.54) is 13.1 Å². The number of allylic oxidation sites excluding steroid dienone is 2. The van der Waals surface area contributed by atoms with Crippen LogP contribution in [0.4, 0.5) is 4.39 Å². The lowest BCUT2D eigenvalue weighted by Gasteiger charge is -2.04. The third kappa shape index (κ3) is 2.85. The first-order chi connectivity index (χ1) is 10.5. The lowest BCUT2D eigenvalue weighted by atomic mass is 10.1. The SMILES string of the molecule is C/C(F)=C/[C@H]1C[C@@H]1c1cc(-c2c[nH]c(=O)[nH]c2=O)nnc1Cl. The topological polar surface area (TPSA) is 91.5 Å². The van der Waals surface area contributed by atoms with Crippen LogP contribution in [0.2, 0.25) is 5.15 Å². The number of nitrogens with zero attached hydrogens (tertiary/aromatic N) is 2. The Morgan fingerprint density at radius 2 is 2.23 bits per heavy atom. The Balaban J connectivity index is 1.99. The van der Waals surface area contributed by atoms with Gasteiger partial charge in [0.15, 0.2) is 5.15 Å². The molecule has 1 saturated carbocycles. The van der Waals surface area contributed by atoms with E-state index in [0.717, 1.165) is 12.0 Å². The number of rotatable bonds is 3. The molecule has 0 saturated heterocycles. The van der Waals surface area contributed by atoms with Crippen molar-refractivity contribution in [2.24, 2.45) is 5.92 Å². The van der Waals surface area contributed by atoms with Gasteiger partial charge in [-0.1, -0.05) is 11.6 Å². The molecule has 3 rings (SSSR count). The maximum atomic E-state index is 12.9. The van der Waals surface area contributed by atoms with E-state index in [-0.39, 0.29) is 28.4 Å². The summed E-state index contributed by atoms with van der Waals surface area (Å²) in [7, 11) is 0. The predicted molar refractivity (Wildman–Crippen MR) is 79.4 cm³/mol. The van der Waals surface area contributed by atoms with E-state index in [4.69, 9.17) is 11.6 Å². The first-order valence-corrected chi connectivity index (χ1v) is 7.03. The Labute approximate surface area is 129 Å². The average Bonchev–Trinajstić information content (AvgIpc) is 3.18. The van der Waals surface area contributed by atoms with Crippen molar-refractivity contribution >= 4 is 11.6 Å². The molecule has 0 bridgehead atoms. The van der Waals surface area contributed by atoms with E-state index in [0.29, 0.717) is 5.69 Å². The molecule has 2 aromatic rings. The van der Waals surface area contributed by atoms with Crippen LogP contribution in [0.15, 0.2) is 33.8 Å². The van der Waals surface area contributed by atoms with E-state index in [1.54, 1.807) is 12.1 Å². The Bertz CT molecular complexity index is 870. The van der Waals surface area contributed by atoms with E-state index >= 15 is 0 Å². The van der Waals surface area contributed by atoms with Crippen LogP contribution in [0.5, 0.6) is 0 Å². The van der Waals surface area contributed by atoms with Gasteiger partial charge in [-0.25, -0.2) is 9.18 Å². The minimum absolute atomic E-state index is 0.0642. The van der Waals surface area contributed by atoms with Gasteiger partial charge in [0.2, 0.25) is 0 Å². The lowest BCUT2D eigenvalue weighted by molar-refractivity contribution is 0.630. The molecule has 0 amide bonds. The van der Waals surface area contributed by atoms with Gasteiger partial charge in [-0.05, 0) is 42.9 Å². The summed E-state index contributed by atoms with van der Waals surface area (Å²) < 4.78 is 12.9. The van der Waals surface area contributed by atoms with Crippen molar-refractivity contribution < 1.29 is 4.39 Å². The van der Waals surface area contributed by atoms with Crippen LogP contribution in [-0.2, 0) is 0 Å². The van der Waals surface area contributed by atoms with Gasteiger partial charge < -0.3 is 4.98 Å². The molecule has 0 unspecified atom stereocenters. The molecule has 0 aromatic carbocycles. The van der Waals surface area contributed by atoms with Crippen LogP contribution in [0.25, 0.3) is 11.3 Å². The van der Waals surface area contributed by atoms with Gasteiger partial charge in [0, 0.05) is 6.20 Å². The summed E-state index contributed by atoms with van der Waals surface area (Å²) in [6, 6.07) is 1.66. The average molecular weight is 323 g/mol. The van der Waals surface area contributed by atoms with Crippen molar-refractivity contribution in [1.29, 1.82) is 0 Å². The zero-order chi connectivity index (χ0) is 15.9.